The first kappa shape index (κ1) is 26.9. The first-order chi connectivity index (χ1) is 19.0. The highest BCUT2D eigenvalue weighted by Crippen LogP contribution is 2.65. The van der Waals surface area contributed by atoms with Crippen LogP contribution in [0, 0.1) is 5.41 Å². The number of urea groups is 1. The van der Waals surface area contributed by atoms with Gasteiger partial charge in [-0.15, -0.1) is 0 Å². The lowest BCUT2D eigenvalue weighted by Crippen LogP contribution is -2.51. The SMILES string of the molecule is CNC(=O)Nc1ccc2c(c1)CCC21OC(=O)N(CC(=O)N2C(C)CCC2CN2CCC3(CC2)CC3(F)F)C1=O. The molecule has 1 saturated carbocycles. The van der Waals surface area contributed by atoms with Gasteiger partial charge in [0.15, 0.2) is 0 Å². The number of alkyl halides is 2. The van der Waals surface area contributed by atoms with Gasteiger partial charge in [0.2, 0.25) is 11.5 Å². The third kappa shape index (κ3) is 4.22. The van der Waals surface area contributed by atoms with Crippen molar-refractivity contribution >= 4 is 29.6 Å². The van der Waals surface area contributed by atoms with Crippen LogP contribution in [0.2, 0.25) is 0 Å². The van der Waals surface area contributed by atoms with Gasteiger partial charge in [-0.2, -0.15) is 0 Å². The van der Waals surface area contributed by atoms with Crippen molar-refractivity contribution in [3.63, 3.8) is 0 Å². The normalized spacial score (nSPS) is 30.1. The number of carbonyl (C=O) groups excluding carboxylic acids is 4. The van der Waals surface area contributed by atoms with E-state index in [9.17, 15) is 28.0 Å². The number of fused-ring (bicyclic) bond motifs is 2. The monoisotopic (exact) mass is 559 g/mol. The molecule has 3 unspecified atom stereocenters. The van der Waals surface area contributed by atoms with Crippen molar-refractivity contribution in [1.82, 2.24) is 20.0 Å². The van der Waals surface area contributed by atoms with E-state index in [2.05, 4.69) is 15.5 Å². The molecule has 3 saturated heterocycles. The third-order valence-corrected chi connectivity index (χ3v) is 9.70. The predicted molar refractivity (Wildman–Crippen MR) is 140 cm³/mol. The molecule has 5 aliphatic rings. The summed E-state index contributed by atoms with van der Waals surface area (Å²) in [6.45, 7) is 3.32. The number of amides is 5. The Bertz CT molecular complexity index is 1270. The second kappa shape index (κ2) is 9.39. The van der Waals surface area contributed by atoms with Gasteiger partial charge in [-0.3, -0.25) is 9.59 Å². The number of likely N-dealkylation sites (tertiary alicyclic amines) is 2. The second-order valence-electron chi connectivity index (χ2n) is 12.0. The van der Waals surface area contributed by atoms with Gasteiger partial charge in [0.05, 0.1) is 0 Å². The molecule has 10 nitrogen and oxygen atoms in total. The number of aryl methyl sites for hydroxylation is 1. The van der Waals surface area contributed by atoms with Crippen LogP contribution in [-0.2, 0) is 26.3 Å². The average molecular weight is 560 g/mol. The first-order valence-corrected chi connectivity index (χ1v) is 14.1. The number of imide groups is 1. The van der Waals surface area contributed by atoms with Crippen LogP contribution < -0.4 is 10.6 Å². The summed E-state index contributed by atoms with van der Waals surface area (Å²) >= 11 is 0. The van der Waals surface area contributed by atoms with Gasteiger partial charge in [0.25, 0.3) is 11.8 Å². The van der Waals surface area contributed by atoms with Crippen molar-refractivity contribution in [3.8, 4) is 0 Å². The number of hydrogen-bond acceptors (Lipinski definition) is 6. The summed E-state index contributed by atoms with van der Waals surface area (Å²) in [5.41, 5.74) is -0.371. The third-order valence-electron chi connectivity index (χ3n) is 9.70. The number of piperidine rings is 1. The molecule has 2 N–H and O–H groups in total. The molecule has 3 heterocycles. The lowest BCUT2D eigenvalue weighted by Gasteiger charge is -2.37. The molecule has 0 radical (unpaired) electrons. The summed E-state index contributed by atoms with van der Waals surface area (Å²) in [7, 11) is 1.51. The number of carbonyl (C=O) groups is 4. The van der Waals surface area contributed by atoms with E-state index in [1.54, 1.807) is 23.1 Å². The van der Waals surface area contributed by atoms with Gasteiger partial charge in [0.1, 0.15) is 6.54 Å². The minimum absolute atomic E-state index is 0.0150. The molecule has 3 aliphatic heterocycles. The van der Waals surface area contributed by atoms with Crippen LogP contribution >= 0.6 is 0 Å². The summed E-state index contributed by atoms with van der Waals surface area (Å²) in [4.78, 5) is 56.6. The summed E-state index contributed by atoms with van der Waals surface area (Å²) in [5.74, 6) is -3.41. The molecule has 0 aromatic heterocycles. The van der Waals surface area contributed by atoms with Crippen molar-refractivity contribution in [3.05, 3.63) is 29.3 Å². The number of rotatable bonds is 5. The Morgan fingerprint density at radius 1 is 1.12 bits per heavy atom. The van der Waals surface area contributed by atoms with Crippen LogP contribution in [-0.4, -0.2) is 89.9 Å². The summed E-state index contributed by atoms with van der Waals surface area (Å²) in [6, 6.07) is 4.57. The number of anilines is 1. The fourth-order valence-electron chi connectivity index (χ4n) is 7.23. The van der Waals surface area contributed by atoms with Gasteiger partial charge < -0.3 is 25.2 Å². The zero-order valence-electron chi connectivity index (χ0n) is 22.8. The van der Waals surface area contributed by atoms with Crippen LogP contribution in [0.3, 0.4) is 0 Å². The molecule has 0 bridgehead atoms. The van der Waals surface area contributed by atoms with Crippen molar-refractivity contribution in [2.24, 2.45) is 5.41 Å². The summed E-state index contributed by atoms with van der Waals surface area (Å²) in [6.07, 6.45) is 2.41. The Morgan fingerprint density at radius 3 is 2.52 bits per heavy atom. The molecular weight excluding hydrogens is 524 g/mol. The van der Waals surface area contributed by atoms with Gasteiger partial charge in [-0.05, 0) is 69.8 Å². The molecule has 5 amide bonds. The van der Waals surface area contributed by atoms with Crippen LogP contribution in [0.1, 0.15) is 56.6 Å². The molecule has 1 aromatic rings. The fraction of sp³-hybridized carbons (Fsp3) is 0.643. The highest BCUT2D eigenvalue weighted by molar-refractivity contribution is 6.06. The first-order valence-electron chi connectivity index (χ1n) is 14.1. The Labute approximate surface area is 231 Å². The molecule has 6 rings (SSSR count). The summed E-state index contributed by atoms with van der Waals surface area (Å²) in [5, 5.41) is 5.18. The van der Waals surface area contributed by atoms with E-state index in [1.165, 1.54) is 7.05 Å². The molecular formula is C28H35F2N5O5. The minimum atomic E-state index is -2.54. The van der Waals surface area contributed by atoms with E-state index in [0.29, 0.717) is 50.1 Å². The largest absolute Gasteiger partial charge is 0.427 e. The second-order valence-corrected chi connectivity index (χ2v) is 12.0. The van der Waals surface area contributed by atoms with E-state index in [4.69, 9.17) is 4.74 Å². The zero-order chi connectivity index (χ0) is 28.4. The lowest BCUT2D eigenvalue weighted by molar-refractivity contribution is -0.143. The smallest absolute Gasteiger partial charge is 0.418 e. The maximum absolute atomic E-state index is 13.8. The van der Waals surface area contributed by atoms with Crippen LogP contribution in [0.5, 0.6) is 0 Å². The topological polar surface area (TPSA) is 111 Å². The standard InChI is InChI=1S/C28H35F2N5O5/c1-17-3-5-20(14-33-11-9-26(10-12-33)16-28(26,29)30)35(17)22(36)15-34-23(37)27(40-25(34)39)8-7-18-13-19(4-6-21(18)27)32-24(38)31-2/h4,6,13,17,20H,3,5,7-12,14-16H2,1-2H3,(H2,31,32,38). The van der Waals surface area contributed by atoms with E-state index >= 15 is 0 Å². The molecule has 216 valence electrons. The molecule has 1 aromatic carbocycles. The van der Waals surface area contributed by atoms with Crippen LogP contribution in [0.25, 0.3) is 0 Å². The minimum Gasteiger partial charge on any atom is -0.427 e. The van der Waals surface area contributed by atoms with E-state index in [1.807, 2.05) is 6.92 Å². The number of ether oxygens (including phenoxy) is 1. The number of nitrogens with one attached hydrogen (secondary N) is 2. The van der Waals surface area contributed by atoms with Crippen LogP contribution in [0.15, 0.2) is 18.2 Å². The summed E-state index contributed by atoms with van der Waals surface area (Å²) < 4.78 is 33.3. The van der Waals surface area contributed by atoms with E-state index in [0.717, 1.165) is 23.3 Å². The average Bonchev–Trinajstić information content (AvgIpc) is 3.22. The lowest BCUT2D eigenvalue weighted by atomic mass is 9.92. The Hall–Kier alpha value is -3.28. The fourth-order valence-corrected chi connectivity index (χ4v) is 7.23. The maximum atomic E-state index is 13.8. The Balaban J connectivity index is 1.12. The highest BCUT2D eigenvalue weighted by atomic mass is 19.3. The maximum Gasteiger partial charge on any atom is 0.418 e. The predicted octanol–water partition coefficient (Wildman–Crippen LogP) is 3.06. The molecule has 12 heteroatoms. The molecule has 4 fully saturated rings. The quantitative estimate of drug-likeness (QED) is 0.574. The van der Waals surface area contributed by atoms with Crippen molar-refractivity contribution < 1.29 is 32.7 Å². The molecule has 3 atom stereocenters. The van der Waals surface area contributed by atoms with Gasteiger partial charge in [-0.25, -0.2) is 23.3 Å². The van der Waals surface area contributed by atoms with Gasteiger partial charge in [-0.1, -0.05) is 6.07 Å². The van der Waals surface area contributed by atoms with E-state index < -0.39 is 35.5 Å². The zero-order valence-corrected chi connectivity index (χ0v) is 22.8. The Morgan fingerprint density at radius 2 is 1.85 bits per heavy atom. The van der Waals surface area contributed by atoms with Gasteiger partial charge >= 0.3 is 12.1 Å². The van der Waals surface area contributed by atoms with Crippen LogP contribution in [0.4, 0.5) is 24.1 Å². The number of hydrogen-bond donors (Lipinski definition) is 2. The van der Waals surface area contributed by atoms with Crippen molar-refractivity contribution in [2.45, 2.75) is 75.5 Å². The molecule has 2 aliphatic carbocycles. The highest BCUT2D eigenvalue weighted by Gasteiger charge is 2.70. The van der Waals surface area contributed by atoms with E-state index in [-0.39, 0.29) is 36.9 Å². The van der Waals surface area contributed by atoms with Gasteiger partial charge in [0, 0.05) is 55.2 Å². The molecule has 2 spiro atoms. The van der Waals surface area contributed by atoms with Crippen molar-refractivity contribution in [2.75, 3.05) is 38.5 Å². The number of nitrogens with zero attached hydrogens (tertiary/aromatic N) is 3. The number of benzene rings is 1. The Kier molecular flexibility index (Phi) is 6.32. The number of halogens is 2. The molecule has 40 heavy (non-hydrogen) atoms. The van der Waals surface area contributed by atoms with Crippen molar-refractivity contribution in [1.29, 1.82) is 0 Å².